The molecule has 0 radical (unpaired) electrons. The van der Waals surface area contributed by atoms with Gasteiger partial charge in [0, 0.05) is 18.8 Å². The molecule has 0 saturated carbocycles. The minimum absolute atomic E-state index is 0.144. The number of nitrogens with zero attached hydrogens (tertiary/aromatic N) is 4. The van der Waals surface area contributed by atoms with Gasteiger partial charge in [-0.25, -0.2) is 0 Å². The van der Waals surface area contributed by atoms with Crippen LogP contribution in [0.15, 0.2) is 28.4 Å². The molecule has 5 nitrogen and oxygen atoms in total. The number of thiophene rings is 1. The molecule has 0 aliphatic rings. The van der Waals surface area contributed by atoms with Crippen LogP contribution in [-0.2, 0) is 0 Å². The summed E-state index contributed by atoms with van der Waals surface area (Å²) in [5.74, 6) is 0. The molecule has 0 amide bonds. The lowest BCUT2D eigenvalue weighted by molar-refractivity contribution is 0.112. The molecule has 1 aromatic heterocycles. The van der Waals surface area contributed by atoms with Gasteiger partial charge in [-0.3, -0.25) is 4.79 Å². The molecule has 7 heteroatoms. The Morgan fingerprint density at radius 1 is 1.21 bits per heavy atom. The highest BCUT2D eigenvalue weighted by Gasteiger charge is 2.16. The van der Waals surface area contributed by atoms with Gasteiger partial charge < -0.3 is 4.90 Å². The van der Waals surface area contributed by atoms with Gasteiger partial charge in [-0.05, 0) is 43.5 Å². The first-order valence-electron chi connectivity index (χ1n) is 9.50. The number of rotatable bonds is 10. The van der Waals surface area contributed by atoms with Crippen molar-refractivity contribution in [3.05, 3.63) is 39.2 Å². The Hall–Kier alpha value is -2.23. The lowest BCUT2D eigenvalue weighted by atomic mass is 10.1. The molecule has 2 rings (SSSR count). The lowest BCUT2D eigenvalue weighted by Gasteiger charge is -2.25. The summed E-state index contributed by atoms with van der Waals surface area (Å²) in [5, 5.41) is 18.2. The minimum atomic E-state index is 0.144. The Morgan fingerprint density at radius 2 is 1.89 bits per heavy atom. The Balaban J connectivity index is 2.25. The fraction of sp³-hybridized carbons (Fsp3) is 0.429. The predicted octanol–water partition coefficient (Wildman–Crippen LogP) is 7.22. The molecule has 28 heavy (non-hydrogen) atoms. The summed E-state index contributed by atoms with van der Waals surface area (Å²) in [5.41, 5.74) is 3.13. The molecular formula is C21H25ClN4OS. The van der Waals surface area contributed by atoms with Crippen LogP contribution >= 0.6 is 22.9 Å². The first-order chi connectivity index (χ1) is 13.5. The van der Waals surface area contributed by atoms with E-state index in [9.17, 15) is 10.1 Å². The van der Waals surface area contributed by atoms with E-state index in [-0.39, 0.29) is 10.6 Å². The first-order valence-corrected chi connectivity index (χ1v) is 10.7. The maximum atomic E-state index is 11.0. The van der Waals surface area contributed by atoms with Crippen molar-refractivity contribution >= 4 is 45.6 Å². The van der Waals surface area contributed by atoms with Gasteiger partial charge in [0.15, 0.2) is 11.3 Å². The van der Waals surface area contributed by atoms with Gasteiger partial charge in [-0.1, -0.05) is 38.3 Å². The van der Waals surface area contributed by atoms with Crippen LogP contribution in [0, 0.1) is 18.3 Å². The van der Waals surface area contributed by atoms with E-state index in [2.05, 4.69) is 41.1 Å². The predicted molar refractivity (Wildman–Crippen MR) is 117 cm³/mol. The number of hydrogen-bond donors (Lipinski definition) is 0. The van der Waals surface area contributed by atoms with E-state index in [1.807, 2.05) is 19.1 Å². The smallest absolute Gasteiger partial charge is 0.161 e. The highest BCUT2D eigenvalue weighted by molar-refractivity contribution is 7.18. The number of anilines is 1. The van der Waals surface area contributed by atoms with Crippen molar-refractivity contribution < 1.29 is 4.79 Å². The van der Waals surface area contributed by atoms with Crippen LogP contribution in [0.25, 0.3) is 0 Å². The zero-order valence-electron chi connectivity index (χ0n) is 16.5. The Kier molecular flexibility index (Phi) is 8.62. The summed E-state index contributed by atoms with van der Waals surface area (Å²) in [7, 11) is 0. The number of hydrogen-bond acceptors (Lipinski definition) is 6. The number of aldehydes is 1. The van der Waals surface area contributed by atoms with Crippen molar-refractivity contribution in [2.45, 2.75) is 46.5 Å². The van der Waals surface area contributed by atoms with Gasteiger partial charge >= 0.3 is 0 Å². The zero-order valence-corrected chi connectivity index (χ0v) is 18.1. The second-order valence-corrected chi connectivity index (χ2v) is 7.96. The molecule has 0 spiro atoms. The van der Waals surface area contributed by atoms with E-state index in [0.29, 0.717) is 16.2 Å². The van der Waals surface area contributed by atoms with Crippen LogP contribution in [0.2, 0.25) is 5.02 Å². The number of benzene rings is 1. The number of nitriles is 1. The summed E-state index contributed by atoms with van der Waals surface area (Å²) >= 11 is 7.10. The molecule has 0 aliphatic heterocycles. The molecule has 1 heterocycles. The zero-order chi connectivity index (χ0) is 20.5. The molecule has 2 aromatic rings. The van der Waals surface area contributed by atoms with Crippen molar-refractivity contribution in [3.63, 3.8) is 0 Å². The van der Waals surface area contributed by atoms with E-state index in [0.717, 1.165) is 35.7 Å². The second-order valence-electron chi connectivity index (χ2n) is 6.56. The summed E-state index contributed by atoms with van der Waals surface area (Å²) in [6.07, 6.45) is 5.30. The third-order valence-corrected chi connectivity index (χ3v) is 5.94. The third kappa shape index (κ3) is 5.40. The minimum Gasteiger partial charge on any atom is -0.372 e. The molecule has 148 valence electrons. The van der Waals surface area contributed by atoms with E-state index >= 15 is 0 Å². The molecule has 0 unspecified atom stereocenters. The maximum Gasteiger partial charge on any atom is 0.161 e. The van der Waals surface area contributed by atoms with Gasteiger partial charge in [0.1, 0.15) is 11.6 Å². The van der Waals surface area contributed by atoms with E-state index < -0.39 is 0 Å². The van der Waals surface area contributed by atoms with E-state index in [1.165, 1.54) is 31.4 Å². The van der Waals surface area contributed by atoms with Crippen LogP contribution in [0.5, 0.6) is 0 Å². The quantitative estimate of drug-likeness (QED) is 0.303. The number of halogens is 1. The highest BCUT2D eigenvalue weighted by atomic mass is 35.5. The first kappa shape index (κ1) is 22.1. The average Bonchev–Trinajstić information content (AvgIpc) is 3.01. The largest absolute Gasteiger partial charge is 0.372 e. The summed E-state index contributed by atoms with van der Waals surface area (Å²) < 4.78 is 0. The normalized spacial score (nSPS) is 11.0. The molecule has 1 aromatic carbocycles. The fourth-order valence-corrected chi connectivity index (χ4v) is 3.90. The number of carbonyl (C=O) groups excluding carboxylic acids is 1. The topological polar surface area (TPSA) is 68.8 Å². The number of unbranched alkanes of at least 4 members (excludes halogenated alkanes) is 2. The third-order valence-electron chi connectivity index (χ3n) is 4.43. The Bertz CT molecular complexity index is 877. The fourth-order valence-electron chi connectivity index (χ4n) is 2.78. The van der Waals surface area contributed by atoms with Crippen molar-refractivity contribution in [1.82, 2.24) is 0 Å². The van der Waals surface area contributed by atoms with Crippen LogP contribution < -0.4 is 4.90 Å². The van der Waals surface area contributed by atoms with E-state index in [4.69, 9.17) is 11.6 Å². The van der Waals surface area contributed by atoms with Crippen LogP contribution in [0.3, 0.4) is 0 Å². The standard InChI is InChI=1S/C21H25ClN4OS/c1-4-6-10-26(11-7-5-2)16-8-9-18(15(3)12-16)24-25-21-17(13-23)20(22)19(14-27)28-21/h8-9,12,14H,4-7,10-11H2,1-3H3. The van der Waals surface area contributed by atoms with Crippen molar-refractivity contribution in [2.75, 3.05) is 18.0 Å². The monoisotopic (exact) mass is 416 g/mol. The number of azo groups is 1. The molecule has 0 N–H and O–H groups in total. The molecule has 0 fully saturated rings. The lowest BCUT2D eigenvalue weighted by Crippen LogP contribution is -2.25. The molecule has 0 bridgehead atoms. The van der Waals surface area contributed by atoms with Gasteiger partial charge in [0.05, 0.1) is 15.6 Å². The van der Waals surface area contributed by atoms with Gasteiger partial charge in [0.25, 0.3) is 0 Å². The summed E-state index contributed by atoms with van der Waals surface area (Å²) in [6.45, 7) is 8.50. The van der Waals surface area contributed by atoms with Gasteiger partial charge in [0.2, 0.25) is 0 Å². The Morgan fingerprint density at radius 3 is 2.43 bits per heavy atom. The molecule has 0 saturated heterocycles. The maximum absolute atomic E-state index is 11.0. The highest BCUT2D eigenvalue weighted by Crippen LogP contribution is 2.38. The Labute approximate surface area is 175 Å². The van der Waals surface area contributed by atoms with Crippen molar-refractivity contribution in [3.8, 4) is 6.07 Å². The molecule has 0 atom stereocenters. The SMILES string of the molecule is CCCCN(CCCC)c1ccc(N=Nc2sc(C=O)c(Cl)c2C#N)c(C)c1. The van der Waals surface area contributed by atoms with Crippen molar-refractivity contribution in [2.24, 2.45) is 10.2 Å². The molecule has 0 aliphatic carbocycles. The van der Waals surface area contributed by atoms with Crippen LogP contribution in [0.4, 0.5) is 16.4 Å². The molecular weight excluding hydrogens is 392 g/mol. The summed E-state index contributed by atoms with van der Waals surface area (Å²) in [6, 6.07) is 8.13. The van der Waals surface area contributed by atoms with Gasteiger partial charge in [-0.2, -0.15) is 5.26 Å². The van der Waals surface area contributed by atoms with Gasteiger partial charge in [-0.15, -0.1) is 21.6 Å². The van der Waals surface area contributed by atoms with Crippen LogP contribution in [-0.4, -0.2) is 19.4 Å². The number of aryl methyl sites for hydroxylation is 1. The van der Waals surface area contributed by atoms with E-state index in [1.54, 1.807) is 0 Å². The average molecular weight is 417 g/mol. The van der Waals surface area contributed by atoms with Crippen molar-refractivity contribution in [1.29, 1.82) is 5.26 Å². The van der Waals surface area contributed by atoms with Crippen LogP contribution in [0.1, 0.15) is 60.3 Å². The summed E-state index contributed by atoms with van der Waals surface area (Å²) in [4.78, 5) is 13.7. The number of carbonyl (C=O) groups is 1. The second kappa shape index (κ2) is 10.9.